The van der Waals surface area contributed by atoms with Gasteiger partial charge in [-0.2, -0.15) is 18.2 Å². The Balaban J connectivity index is 1.76. The summed E-state index contributed by atoms with van der Waals surface area (Å²) >= 11 is 1.16. The number of alkyl halides is 3. The summed E-state index contributed by atoms with van der Waals surface area (Å²) in [6, 6.07) is 5.84. The Bertz CT molecular complexity index is 1500. The van der Waals surface area contributed by atoms with Crippen molar-refractivity contribution in [2.24, 2.45) is 5.73 Å². The minimum atomic E-state index is -4.76. The van der Waals surface area contributed by atoms with E-state index in [-0.39, 0.29) is 71.7 Å². The van der Waals surface area contributed by atoms with Gasteiger partial charge in [0.15, 0.2) is 0 Å². The third-order valence-corrected chi connectivity index (χ3v) is 8.20. The van der Waals surface area contributed by atoms with Gasteiger partial charge in [-0.05, 0) is 29.8 Å². The van der Waals surface area contributed by atoms with Gasteiger partial charge in [0.25, 0.3) is 0 Å². The number of hydrogen-bond donors (Lipinski definition) is 1. The van der Waals surface area contributed by atoms with Crippen LogP contribution >= 0.6 is 11.8 Å². The first-order chi connectivity index (χ1) is 19.1. The summed E-state index contributed by atoms with van der Waals surface area (Å²) in [5.74, 6) is -0.432. The van der Waals surface area contributed by atoms with Crippen LogP contribution in [0.25, 0.3) is 22.0 Å². The summed E-state index contributed by atoms with van der Waals surface area (Å²) in [6.07, 6.45) is -4.05. The lowest BCUT2D eigenvalue weighted by atomic mass is 9.96. The Hall–Kier alpha value is -3.42. The number of ether oxygens (including phenoxy) is 1. The molecule has 5 rings (SSSR count). The molecule has 212 valence electrons. The van der Waals surface area contributed by atoms with Crippen molar-refractivity contribution in [3.8, 4) is 11.1 Å². The monoisotopic (exact) mass is 577 g/mol. The van der Waals surface area contributed by atoms with Crippen LogP contribution < -0.4 is 16.3 Å². The lowest BCUT2D eigenvalue weighted by molar-refractivity contribution is -0.137. The minimum Gasteiger partial charge on any atom is -0.374 e. The number of hydrogen-bond acceptors (Lipinski definition) is 7. The Morgan fingerprint density at radius 3 is 2.52 bits per heavy atom. The smallest absolute Gasteiger partial charge is 0.374 e. The molecule has 2 aromatic carbocycles. The molecule has 40 heavy (non-hydrogen) atoms. The first-order valence-electron chi connectivity index (χ1n) is 12.7. The molecule has 3 heterocycles. The molecule has 1 saturated heterocycles. The maximum atomic E-state index is 14.7. The fraction of sp³-hybridized carbons (Fsp3) is 0.370. The molecule has 0 saturated carbocycles. The predicted molar refractivity (Wildman–Crippen MR) is 145 cm³/mol. The number of thioether (sulfide) groups is 1. The third-order valence-electron chi connectivity index (χ3n) is 6.97. The molecule has 1 aromatic heterocycles. The molecule has 13 heteroatoms. The van der Waals surface area contributed by atoms with Crippen LogP contribution in [0, 0.1) is 5.82 Å². The molecule has 1 atom stereocenters. The summed E-state index contributed by atoms with van der Waals surface area (Å²) in [5.41, 5.74) is 4.42. The molecule has 1 amide bonds. The van der Waals surface area contributed by atoms with Crippen molar-refractivity contribution < 1.29 is 27.1 Å². The van der Waals surface area contributed by atoms with Crippen LogP contribution in [0.1, 0.15) is 5.56 Å². The molecule has 0 bridgehead atoms. The van der Waals surface area contributed by atoms with E-state index in [9.17, 15) is 27.2 Å². The van der Waals surface area contributed by atoms with Crippen molar-refractivity contribution in [1.82, 2.24) is 14.5 Å². The molecule has 3 aromatic rings. The number of carbonyl (C=O) groups excluding carboxylic acids is 1. The van der Waals surface area contributed by atoms with Crippen LogP contribution in [0.4, 0.5) is 23.4 Å². The van der Waals surface area contributed by atoms with Crippen LogP contribution in [0.15, 0.2) is 52.7 Å². The number of piperazine rings is 1. The molecular formula is C27H27F4N5O3S. The number of nitrogens with zero attached hydrogens (tertiary/aromatic N) is 4. The van der Waals surface area contributed by atoms with E-state index >= 15 is 0 Å². The van der Waals surface area contributed by atoms with E-state index in [1.807, 2.05) is 0 Å². The van der Waals surface area contributed by atoms with E-state index in [1.165, 1.54) is 22.8 Å². The molecule has 1 unspecified atom stereocenters. The SMILES string of the molecule is C=CC(=O)N1CCN(c2nc(=O)n3c4c(c(-c5ccc(F)cc5)c(C(F)(F)F)cc24)SCC(OCCN)C3)CC1. The van der Waals surface area contributed by atoms with Crippen molar-refractivity contribution in [1.29, 1.82) is 0 Å². The van der Waals surface area contributed by atoms with Crippen molar-refractivity contribution in [3.63, 3.8) is 0 Å². The van der Waals surface area contributed by atoms with Gasteiger partial charge in [-0.15, -0.1) is 11.8 Å². The highest BCUT2D eigenvalue weighted by Gasteiger charge is 2.38. The zero-order valence-electron chi connectivity index (χ0n) is 21.4. The average molecular weight is 578 g/mol. The van der Waals surface area contributed by atoms with Gasteiger partial charge < -0.3 is 20.3 Å². The second-order valence-electron chi connectivity index (χ2n) is 9.47. The van der Waals surface area contributed by atoms with Crippen LogP contribution in [0.5, 0.6) is 0 Å². The second-order valence-corrected chi connectivity index (χ2v) is 10.5. The zero-order valence-corrected chi connectivity index (χ0v) is 22.2. The van der Waals surface area contributed by atoms with Gasteiger partial charge in [0.05, 0.1) is 30.3 Å². The highest BCUT2D eigenvalue weighted by atomic mass is 32.2. The number of nitrogens with two attached hydrogens (primary N) is 1. The van der Waals surface area contributed by atoms with E-state index in [2.05, 4.69) is 11.6 Å². The maximum Gasteiger partial charge on any atom is 0.417 e. The molecule has 2 N–H and O–H groups in total. The zero-order chi connectivity index (χ0) is 28.6. The van der Waals surface area contributed by atoms with Crippen LogP contribution in [0.2, 0.25) is 0 Å². The number of rotatable bonds is 6. The minimum absolute atomic E-state index is 0.0818. The molecule has 2 aliphatic heterocycles. The second kappa shape index (κ2) is 11.2. The quantitative estimate of drug-likeness (QED) is 0.354. The maximum absolute atomic E-state index is 14.7. The Morgan fingerprint density at radius 2 is 1.90 bits per heavy atom. The Kier molecular flexibility index (Phi) is 7.89. The number of benzene rings is 2. The first-order valence-corrected chi connectivity index (χ1v) is 13.7. The molecule has 2 aliphatic rings. The van der Waals surface area contributed by atoms with E-state index in [4.69, 9.17) is 10.5 Å². The summed E-state index contributed by atoms with van der Waals surface area (Å²) in [4.78, 5) is 33.3. The highest BCUT2D eigenvalue weighted by molar-refractivity contribution is 7.99. The average Bonchev–Trinajstić information content (AvgIpc) is 3.14. The normalized spacial score (nSPS) is 17.7. The Morgan fingerprint density at radius 1 is 1.20 bits per heavy atom. The van der Waals surface area contributed by atoms with E-state index < -0.39 is 29.4 Å². The van der Waals surface area contributed by atoms with Crippen LogP contribution in [-0.2, 0) is 22.3 Å². The highest BCUT2D eigenvalue weighted by Crippen LogP contribution is 2.48. The number of halogens is 4. The third kappa shape index (κ3) is 5.32. The lowest BCUT2D eigenvalue weighted by Crippen LogP contribution is -2.49. The molecule has 0 radical (unpaired) electrons. The van der Waals surface area contributed by atoms with Crippen molar-refractivity contribution in [2.45, 2.75) is 23.7 Å². The van der Waals surface area contributed by atoms with Crippen LogP contribution in [-0.4, -0.2) is 71.5 Å². The summed E-state index contributed by atoms with van der Waals surface area (Å²) < 4.78 is 65.0. The van der Waals surface area contributed by atoms with Gasteiger partial charge in [-0.3, -0.25) is 9.36 Å². The molecule has 0 aliphatic carbocycles. The first kappa shape index (κ1) is 28.1. The van der Waals surface area contributed by atoms with Gasteiger partial charge >= 0.3 is 11.9 Å². The van der Waals surface area contributed by atoms with Gasteiger partial charge in [-0.25, -0.2) is 9.18 Å². The molecule has 1 fully saturated rings. The topological polar surface area (TPSA) is 93.7 Å². The summed E-state index contributed by atoms with van der Waals surface area (Å²) in [5, 5.41) is 0.170. The van der Waals surface area contributed by atoms with Crippen LogP contribution in [0.3, 0.4) is 0 Å². The fourth-order valence-electron chi connectivity index (χ4n) is 5.11. The van der Waals surface area contributed by atoms with E-state index in [0.29, 0.717) is 18.6 Å². The van der Waals surface area contributed by atoms with Gasteiger partial charge in [-0.1, -0.05) is 18.7 Å². The number of carbonyl (C=O) groups is 1. The largest absolute Gasteiger partial charge is 0.417 e. The Labute approximate surface area is 231 Å². The van der Waals surface area contributed by atoms with E-state index in [1.54, 1.807) is 9.80 Å². The van der Waals surface area contributed by atoms with Gasteiger partial charge in [0.2, 0.25) is 5.91 Å². The summed E-state index contributed by atoms with van der Waals surface area (Å²) in [7, 11) is 0. The lowest BCUT2D eigenvalue weighted by Gasteiger charge is -2.35. The number of amides is 1. The van der Waals surface area contributed by atoms with Crippen molar-refractivity contribution in [2.75, 3.05) is 50.0 Å². The van der Waals surface area contributed by atoms with Gasteiger partial charge in [0.1, 0.15) is 11.6 Å². The van der Waals surface area contributed by atoms with Gasteiger partial charge in [0, 0.05) is 54.3 Å². The number of anilines is 1. The molecule has 0 spiro atoms. The molecule has 8 nitrogen and oxygen atoms in total. The fourth-order valence-corrected chi connectivity index (χ4v) is 6.39. The number of aromatic nitrogens is 2. The molecular weight excluding hydrogens is 550 g/mol. The van der Waals surface area contributed by atoms with Crippen molar-refractivity contribution in [3.05, 3.63) is 64.9 Å². The van der Waals surface area contributed by atoms with Crippen molar-refractivity contribution >= 4 is 34.4 Å². The predicted octanol–water partition coefficient (Wildman–Crippen LogP) is 3.51. The van der Waals surface area contributed by atoms with E-state index in [0.717, 1.165) is 30.0 Å². The summed E-state index contributed by atoms with van der Waals surface area (Å²) in [6.45, 7) is 5.19. The standard InChI is InChI=1S/C27H27F4N5O3S/c1-2-21(37)34-8-10-35(11-9-34)25-19-13-20(27(29,30)31)22(16-3-5-17(28)6-4-16)24-23(19)36(26(38)33-25)14-18(15-40-24)39-12-7-32/h2-6,13,18H,1,7-12,14-15,32H2.